The van der Waals surface area contributed by atoms with Crippen LogP contribution in [0.5, 0.6) is 0 Å². The zero-order chi connectivity index (χ0) is 9.26. The maximum absolute atomic E-state index is 5.25. The third kappa shape index (κ3) is 1.65. The van der Waals surface area contributed by atoms with Gasteiger partial charge in [0.2, 0.25) is 0 Å². The molecule has 0 unspecified atom stereocenters. The van der Waals surface area contributed by atoms with Crippen LogP contribution in [0.25, 0.3) is 11.7 Å². The first-order valence-electron chi connectivity index (χ1n) is 3.88. The molecular formula is C8H7BrN2O2. The summed E-state index contributed by atoms with van der Waals surface area (Å²) in [5.74, 6) is 1.68. The van der Waals surface area contributed by atoms with Crippen LogP contribution in [0.2, 0.25) is 0 Å². The molecule has 0 radical (unpaired) electrons. The van der Waals surface area contributed by atoms with Gasteiger partial charge < -0.3 is 8.94 Å². The highest BCUT2D eigenvalue weighted by atomic mass is 79.9. The molecule has 13 heavy (non-hydrogen) atoms. The molecule has 0 saturated carbocycles. The van der Waals surface area contributed by atoms with Gasteiger partial charge in [-0.05, 0) is 28.1 Å². The normalized spacial score (nSPS) is 10.6. The van der Waals surface area contributed by atoms with E-state index in [2.05, 4.69) is 26.1 Å². The summed E-state index contributed by atoms with van der Waals surface area (Å²) in [7, 11) is 0. The minimum absolute atomic E-state index is 0.419. The van der Waals surface area contributed by atoms with Crippen LogP contribution >= 0.6 is 15.9 Å². The Kier molecular flexibility index (Phi) is 2.18. The van der Waals surface area contributed by atoms with Crippen molar-refractivity contribution in [3.63, 3.8) is 0 Å². The molecule has 0 aliphatic rings. The van der Waals surface area contributed by atoms with Crippen molar-refractivity contribution in [2.45, 2.75) is 13.3 Å². The van der Waals surface area contributed by atoms with Crippen molar-refractivity contribution < 1.29 is 8.94 Å². The fraction of sp³-hybridized carbons (Fsp3) is 0.250. The van der Waals surface area contributed by atoms with Gasteiger partial charge in [-0.15, -0.1) is 0 Å². The van der Waals surface area contributed by atoms with E-state index in [9.17, 15) is 0 Å². The lowest BCUT2D eigenvalue weighted by Crippen LogP contribution is -1.81. The van der Waals surface area contributed by atoms with Gasteiger partial charge in [0.25, 0.3) is 5.89 Å². The number of nitrogens with zero attached hydrogens (tertiary/aromatic N) is 2. The highest BCUT2D eigenvalue weighted by Gasteiger charge is 2.10. The van der Waals surface area contributed by atoms with Crippen LogP contribution in [0, 0.1) is 0 Å². The van der Waals surface area contributed by atoms with Crippen LogP contribution in [0.15, 0.2) is 25.7 Å². The molecule has 2 rings (SSSR count). The SMILES string of the molecule is CCc1noc(-c2ccc(Br)o2)n1. The molecule has 0 N–H and O–H groups in total. The topological polar surface area (TPSA) is 52.1 Å². The standard InChI is InChI=1S/C8H7BrN2O2/c1-2-7-10-8(13-11-7)5-3-4-6(9)12-5/h3-4H,2H2,1H3. The molecule has 0 atom stereocenters. The van der Waals surface area contributed by atoms with Gasteiger partial charge in [0.1, 0.15) is 0 Å². The number of hydrogen-bond donors (Lipinski definition) is 0. The quantitative estimate of drug-likeness (QED) is 0.813. The Morgan fingerprint density at radius 3 is 2.85 bits per heavy atom. The number of aryl methyl sites for hydroxylation is 1. The fourth-order valence-corrected chi connectivity index (χ4v) is 1.23. The lowest BCUT2D eigenvalue weighted by molar-refractivity contribution is 0.407. The summed E-state index contributed by atoms with van der Waals surface area (Å²) in [6.07, 6.45) is 0.755. The smallest absolute Gasteiger partial charge is 0.293 e. The van der Waals surface area contributed by atoms with Crippen LogP contribution < -0.4 is 0 Å². The van der Waals surface area contributed by atoms with Crippen molar-refractivity contribution in [1.82, 2.24) is 10.1 Å². The molecule has 0 saturated heterocycles. The van der Waals surface area contributed by atoms with Gasteiger partial charge >= 0.3 is 0 Å². The molecule has 5 heteroatoms. The second-order valence-electron chi connectivity index (χ2n) is 2.47. The average molecular weight is 243 g/mol. The summed E-state index contributed by atoms with van der Waals surface area (Å²) in [6, 6.07) is 3.56. The minimum Gasteiger partial charge on any atom is -0.444 e. The molecule has 68 valence electrons. The third-order valence-corrected chi connectivity index (χ3v) is 1.99. The second kappa shape index (κ2) is 3.33. The predicted molar refractivity (Wildman–Crippen MR) is 49.1 cm³/mol. The highest BCUT2D eigenvalue weighted by molar-refractivity contribution is 9.10. The molecule has 0 amide bonds. The van der Waals surface area contributed by atoms with E-state index >= 15 is 0 Å². The van der Waals surface area contributed by atoms with Crippen molar-refractivity contribution in [2.75, 3.05) is 0 Å². The van der Waals surface area contributed by atoms with Crippen molar-refractivity contribution in [2.24, 2.45) is 0 Å². The molecule has 2 aromatic rings. The van der Waals surface area contributed by atoms with Gasteiger partial charge in [-0.25, -0.2) is 0 Å². The zero-order valence-corrected chi connectivity index (χ0v) is 8.54. The van der Waals surface area contributed by atoms with Crippen LogP contribution in [0.3, 0.4) is 0 Å². The Hall–Kier alpha value is -1.10. The van der Waals surface area contributed by atoms with Crippen molar-refractivity contribution in [3.8, 4) is 11.7 Å². The predicted octanol–water partition coefficient (Wildman–Crippen LogP) is 2.65. The maximum Gasteiger partial charge on any atom is 0.293 e. The minimum atomic E-state index is 0.419. The third-order valence-electron chi connectivity index (χ3n) is 1.57. The average Bonchev–Trinajstić information content (AvgIpc) is 2.71. The van der Waals surface area contributed by atoms with Gasteiger partial charge in [-0.2, -0.15) is 4.98 Å². The number of halogens is 1. The summed E-state index contributed by atoms with van der Waals surface area (Å²) in [5, 5.41) is 3.76. The Morgan fingerprint density at radius 2 is 2.31 bits per heavy atom. The van der Waals surface area contributed by atoms with Crippen LogP contribution in [0.4, 0.5) is 0 Å². The van der Waals surface area contributed by atoms with Gasteiger partial charge in [0.05, 0.1) is 0 Å². The lowest BCUT2D eigenvalue weighted by Gasteiger charge is -1.83. The molecule has 0 aromatic carbocycles. The molecule has 2 heterocycles. The van der Waals surface area contributed by atoms with Crippen molar-refractivity contribution >= 4 is 15.9 Å². The van der Waals surface area contributed by atoms with Crippen molar-refractivity contribution in [3.05, 3.63) is 22.6 Å². The molecule has 0 fully saturated rings. The monoisotopic (exact) mass is 242 g/mol. The summed E-state index contributed by atoms with van der Waals surface area (Å²) in [5.41, 5.74) is 0. The first-order valence-corrected chi connectivity index (χ1v) is 4.67. The zero-order valence-electron chi connectivity index (χ0n) is 6.95. The Labute approximate surface area is 83.1 Å². The van der Waals surface area contributed by atoms with Crippen LogP contribution in [0.1, 0.15) is 12.7 Å². The molecule has 0 aliphatic carbocycles. The summed E-state index contributed by atoms with van der Waals surface area (Å²) < 4.78 is 10.9. The summed E-state index contributed by atoms with van der Waals surface area (Å²) in [4.78, 5) is 4.12. The van der Waals surface area contributed by atoms with E-state index < -0.39 is 0 Å². The largest absolute Gasteiger partial charge is 0.444 e. The molecule has 0 spiro atoms. The van der Waals surface area contributed by atoms with E-state index in [0.29, 0.717) is 22.1 Å². The summed E-state index contributed by atoms with van der Waals surface area (Å²) >= 11 is 3.20. The molecule has 2 aromatic heterocycles. The van der Waals surface area contributed by atoms with E-state index in [1.165, 1.54) is 0 Å². The van der Waals surface area contributed by atoms with E-state index in [4.69, 9.17) is 8.94 Å². The van der Waals surface area contributed by atoms with Gasteiger partial charge in [-0.1, -0.05) is 12.1 Å². The fourth-order valence-electron chi connectivity index (χ4n) is 0.927. The lowest BCUT2D eigenvalue weighted by atomic mass is 10.4. The van der Waals surface area contributed by atoms with Gasteiger partial charge in [0.15, 0.2) is 16.3 Å². The van der Waals surface area contributed by atoms with E-state index in [-0.39, 0.29) is 0 Å². The maximum atomic E-state index is 5.25. The van der Waals surface area contributed by atoms with E-state index in [1.54, 1.807) is 12.1 Å². The van der Waals surface area contributed by atoms with E-state index in [0.717, 1.165) is 6.42 Å². The molecular weight excluding hydrogens is 236 g/mol. The van der Waals surface area contributed by atoms with Crippen molar-refractivity contribution in [1.29, 1.82) is 0 Å². The number of hydrogen-bond acceptors (Lipinski definition) is 4. The van der Waals surface area contributed by atoms with Crippen LogP contribution in [-0.4, -0.2) is 10.1 Å². The Balaban J connectivity index is 2.35. The van der Waals surface area contributed by atoms with Crippen LogP contribution in [-0.2, 0) is 6.42 Å². The Bertz CT molecular complexity index is 408. The second-order valence-corrected chi connectivity index (χ2v) is 3.25. The number of furan rings is 1. The molecule has 4 nitrogen and oxygen atoms in total. The Morgan fingerprint density at radius 1 is 1.46 bits per heavy atom. The van der Waals surface area contributed by atoms with Gasteiger partial charge in [-0.3, -0.25) is 0 Å². The van der Waals surface area contributed by atoms with E-state index in [1.807, 2.05) is 6.92 Å². The highest BCUT2D eigenvalue weighted by Crippen LogP contribution is 2.23. The van der Waals surface area contributed by atoms with Gasteiger partial charge in [0, 0.05) is 6.42 Å². The molecule has 0 bridgehead atoms. The number of aromatic nitrogens is 2. The summed E-state index contributed by atoms with van der Waals surface area (Å²) in [6.45, 7) is 1.96. The first-order chi connectivity index (χ1) is 6.29. The molecule has 0 aliphatic heterocycles. The number of rotatable bonds is 2. The first kappa shape index (κ1) is 8.50.